The van der Waals surface area contributed by atoms with E-state index in [0.717, 1.165) is 24.5 Å². The van der Waals surface area contributed by atoms with Gasteiger partial charge in [-0.05, 0) is 94.8 Å². The van der Waals surface area contributed by atoms with Gasteiger partial charge in [0.1, 0.15) is 0 Å². The van der Waals surface area contributed by atoms with Gasteiger partial charge in [-0.25, -0.2) is 0 Å². The summed E-state index contributed by atoms with van der Waals surface area (Å²) in [6.45, 7) is 4.16. The molecule has 0 heterocycles. The molecule has 0 radical (unpaired) electrons. The Kier molecular flexibility index (Phi) is 13.7. The molecule has 8 aromatic rings. The van der Waals surface area contributed by atoms with Gasteiger partial charge in [0.05, 0.1) is 5.41 Å². The largest absolute Gasteiger partial charge is 0.289 e. The molecule has 0 amide bonds. The van der Waals surface area contributed by atoms with Crippen LogP contribution in [-0.2, 0) is 5.41 Å². The van der Waals surface area contributed by atoms with Crippen LogP contribution in [0.5, 0.6) is 0 Å². The predicted molar refractivity (Wildman–Crippen MR) is 251 cm³/mol. The second kappa shape index (κ2) is 18.9. The lowest BCUT2D eigenvalue weighted by Crippen LogP contribution is -2.28. The maximum absolute atomic E-state index is 12.1. The van der Waals surface area contributed by atoms with E-state index in [2.05, 4.69) is 188 Å². The maximum atomic E-state index is 12.1. The summed E-state index contributed by atoms with van der Waals surface area (Å²) in [5.41, 5.74) is 14.0. The summed E-state index contributed by atoms with van der Waals surface area (Å²) in [5, 5.41) is 0. The Bertz CT molecular complexity index is 2490. The van der Waals surface area contributed by atoms with Crippen molar-refractivity contribution >= 4 is 53.6 Å². The van der Waals surface area contributed by atoms with Crippen molar-refractivity contribution < 1.29 is 4.79 Å². The van der Waals surface area contributed by atoms with Crippen molar-refractivity contribution in [1.29, 1.82) is 0 Å². The minimum atomic E-state index is -0.303. The first kappa shape index (κ1) is 41.5. The first-order valence-corrected chi connectivity index (χ1v) is 20.8. The fourth-order valence-electron chi connectivity index (χ4n) is 7.52. The second-order valence-corrected chi connectivity index (χ2v) is 16.5. The number of ketones is 1. The summed E-state index contributed by atoms with van der Waals surface area (Å²) >= 11 is 10.6. The zero-order valence-corrected chi connectivity index (χ0v) is 35.9. The third-order valence-corrected chi connectivity index (χ3v) is 11.7. The molecule has 1 aliphatic rings. The van der Waals surface area contributed by atoms with Gasteiger partial charge in [0, 0.05) is 24.5 Å². The highest BCUT2D eigenvalue weighted by Crippen LogP contribution is 2.56. The molecule has 0 aliphatic heterocycles. The highest BCUT2D eigenvalue weighted by molar-refractivity contribution is 9.11. The van der Waals surface area contributed by atoms with Gasteiger partial charge >= 0.3 is 0 Å². The third kappa shape index (κ3) is 9.05. The van der Waals surface area contributed by atoms with Crippen molar-refractivity contribution in [2.75, 3.05) is 0 Å². The monoisotopic (exact) mass is 932 g/mol. The second-order valence-electron chi connectivity index (χ2n) is 13.8. The fraction of sp³-hybridized carbons (Fsp3) is 0.0755. The number of hydrogen-bond donors (Lipinski definition) is 0. The Morgan fingerprint density at radius 2 is 0.877 bits per heavy atom. The summed E-state index contributed by atoms with van der Waals surface area (Å²) in [7, 11) is 0. The Hall–Kier alpha value is -5.13. The highest BCUT2D eigenvalue weighted by atomic mass is 79.9. The average Bonchev–Trinajstić information content (AvgIpc) is 3.53. The molecule has 1 nitrogen and oxygen atoms in total. The summed E-state index contributed by atoms with van der Waals surface area (Å²) in [5.74, 6) is 0.0602. The third-order valence-electron chi connectivity index (χ3n) is 9.99. The van der Waals surface area contributed by atoms with Crippen molar-refractivity contribution in [2.24, 2.45) is 0 Å². The van der Waals surface area contributed by atoms with E-state index in [1.807, 2.05) is 73.7 Å². The van der Waals surface area contributed by atoms with Crippen molar-refractivity contribution in [2.45, 2.75) is 26.7 Å². The van der Waals surface area contributed by atoms with Crippen LogP contribution in [0, 0.1) is 13.8 Å². The van der Waals surface area contributed by atoms with Crippen LogP contribution in [-0.4, -0.2) is 5.78 Å². The van der Waals surface area contributed by atoms with E-state index in [9.17, 15) is 4.79 Å². The number of fused-ring (bicyclic) bond motifs is 3. The average molecular weight is 936 g/mol. The van der Waals surface area contributed by atoms with Crippen molar-refractivity contribution in [3.63, 3.8) is 0 Å². The van der Waals surface area contributed by atoms with Gasteiger partial charge in [0.25, 0.3) is 0 Å². The molecule has 0 saturated heterocycles. The van der Waals surface area contributed by atoms with Gasteiger partial charge < -0.3 is 0 Å². The number of benzene rings is 8. The molecule has 0 aromatic heterocycles. The van der Waals surface area contributed by atoms with E-state index >= 15 is 0 Å². The van der Waals surface area contributed by atoms with Crippen LogP contribution in [0.1, 0.15) is 56.7 Å². The fourth-order valence-corrected chi connectivity index (χ4v) is 8.83. The smallest absolute Gasteiger partial charge is 0.193 e. The van der Waals surface area contributed by atoms with E-state index in [-0.39, 0.29) is 18.6 Å². The van der Waals surface area contributed by atoms with Crippen LogP contribution < -0.4 is 0 Å². The normalized spacial score (nSPS) is 11.7. The molecule has 57 heavy (non-hydrogen) atoms. The first-order valence-electron chi connectivity index (χ1n) is 18.4. The van der Waals surface area contributed by atoms with Gasteiger partial charge in [0.15, 0.2) is 5.78 Å². The van der Waals surface area contributed by atoms with Crippen molar-refractivity contribution in [3.8, 4) is 22.3 Å². The van der Waals surface area contributed by atoms with E-state index in [0.29, 0.717) is 5.56 Å². The highest BCUT2D eigenvalue weighted by Gasteiger charge is 2.45. The molecule has 0 bridgehead atoms. The molecule has 8 aromatic carbocycles. The number of carbonyl (C=O) groups is 1. The Balaban J connectivity index is 0.000000156. The molecule has 0 N–H and O–H groups in total. The topological polar surface area (TPSA) is 17.1 Å². The number of hydrogen-bond acceptors (Lipinski definition) is 1. The van der Waals surface area contributed by atoms with Gasteiger partial charge in [-0.3, -0.25) is 4.79 Å². The Morgan fingerprint density at radius 3 is 1.44 bits per heavy atom. The first-order chi connectivity index (χ1) is 27.3. The molecular formula is C53H43Br3O. The van der Waals surface area contributed by atoms with Gasteiger partial charge in [-0.2, -0.15) is 0 Å². The van der Waals surface area contributed by atoms with E-state index in [1.54, 1.807) is 0 Å². The quantitative estimate of drug-likeness (QED) is 0.157. The van der Waals surface area contributed by atoms with Crippen LogP contribution in [0.3, 0.4) is 0 Å². The zero-order chi connectivity index (χ0) is 39.1. The van der Waals surface area contributed by atoms with Gasteiger partial charge in [0.2, 0.25) is 0 Å². The van der Waals surface area contributed by atoms with E-state index < -0.39 is 0 Å². The van der Waals surface area contributed by atoms with Crippen LogP contribution >= 0.6 is 47.8 Å². The SMILES string of the molecule is Brc1ccccc1-c1ccccc1.C.Cc1cccc(C(=O)c2cccc(Br)c2)c1.Cc1cccc(C2(c3cccc(Br)c3)c3ccccc3-c3ccccc32)c1. The minimum Gasteiger partial charge on any atom is -0.289 e. The summed E-state index contributed by atoms with van der Waals surface area (Å²) in [6.07, 6.45) is 0. The lowest BCUT2D eigenvalue weighted by Gasteiger charge is -2.34. The predicted octanol–water partition coefficient (Wildman–Crippen LogP) is 15.9. The van der Waals surface area contributed by atoms with E-state index in [4.69, 9.17) is 0 Å². The van der Waals surface area contributed by atoms with Crippen LogP contribution in [0.25, 0.3) is 22.3 Å². The standard InChI is InChI=1S/C26H19Br.C14H11BrO.C12H9Br.CH4/c1-18-8-6-9-19(16-18)26(20-10-7-11-21(27)17-20)24-14-4-2-12-22(24)23-13-3-5-15-25(23)26;1-10-4-2-5-11(8-10)14(16)12-6-3-7-13(15)9-12;13-12-9-5-4-8-11(12)10-6-2-1-3-7-10;/h2-17H,1H3;2-9H,1H3;1-9H;1H4. The van der Waals surface area contributed by atoms with Gasteiger partial charge in [-0.1, -0.05) is 230 Å². The molecule has 0 unspecified atom stereocenters. The Labute approximate surface area is 362 Å². The molecule has 282 valence electrons. The lowest BCUT2D eigenvalue weighted by atomic mass is 9.67. The molecular weight excluding hydrogens is 892 g/mol. The van der Waals surface area contributed by atoms with Gasteiger partial charge in [-0.15, -0.1) is 0 Å². The van der Waals surface area contributed by atoms with Crippen molar-refractivity contribution in [3.05, 3.63) is 258 Å². The molecule has 0 fully saturated rings. The number of aryl methyl sites for hydroxylation is 2. The number of halogens is 3. The Morgan fingerprint density at radius 1 is 0.421 bits per heavy atom. The van der Waals surface area contributed by atoms with Crippen LogP contribution in [0.15, 0.2) is 214 Å². The minimum absolute atomic E-state index is 0. The van der Waals surface area contributed by atoms with E-state index in [1.165, 1.54) is 50.1 Å². The molecule has 9 rings (SSSR count). The molecule has 1 aliphatic carbocycles. The number of rotatable bonds is 5. The summed E-state index contributed by atoms with van der Waals surface area (Å²) < 4.78 is 3.17. The summed E-state index contributed by atoms with van der Waals surface area (Å²) in [4.78, 5) is 12.1. The maximum Gasteiger partial charge on any atom is 0.193 e. The van der Waals surface area contributed by atoms with Crippen LogP contribution in [0.4, 0.5) is 0 Å². The molecule has 0 saturated carbocycles. The number of carbonyl (C=O) groups excluding carboxylic acids is 1. The summed E-state index contributed by atoms with van der Waals surface area (Å²) in [6, 6.07) is 69.1. The molecule has 4 heteroatoms. The van der Waals surface area contributed by atoms with Crippen molar-refractivity contribution in [1.82, 2.24) is 0 Å². The lowest BCUT2D eigenvalue weighted by molar-refractivity contribution is 0.103. The molecule has 0 spiro atoms. The molecule has 0 atom stereocenters. The van der Waals surface area contributed by atoms with Crippen LogP contribution in [0.2, 0.25) is 0 Å². The zero-order valence-electron chi connectivity index (χ0n) is 31.1.